The zero-order valence-corrected chi connectivity index (χ0v) is 14.6. The van der Waals surface area contributed by atoms with E-state index in [1.54, 1.807) is 6.20 Å². The Morgan fingerprint density at radius 1 is 1.37 bits per heavy atom. The molecule has 4 rings (SSSR count). The highest BCUT2D eigenvalue weighted by atomic mass is 19.3. The molecular formula is C16H19F2N7O2. The summed E-state index contributed by atoms with van der Waals surface area (Å²) >= 11 is 0. The van der Waals surface area contributed by atoms with Gasteiger partial charge in [-0.05, 0) is 19.8 Å². The summed E-state index contributed by atoms with van der Waals surface area (Å²) in [6, 6.07) is 1.43. The Balaban J connectivity index is 1.55. The van der Waals surface area contributed by atoms with Crippen LogP contribution >= 0.6 is 0 Å². The Labute approximate surface area is 153 Å². The average Bonchev–Trinajstić information content (AvgIpc) is 3.28. The number of ether oxygens (including phenoxy) is 2. The van der Waals surface area contributed by atoms with E-state index in [9.17, 15) is 8.78 Å². The molecule has 1 saturated heterocycles. The van der Waals surface area contributed by atoms with E-state index in [4.69, 9.17) is 4.74 Å². The average molecular weight is 379 g/mol. The van der Waals surface area contributed by atoms with Crippen molar-refractivity contribution in [1.82, 2.24) is 29.9 Å². The number of anilines is 2. The van der Waals surface area contributed by atoms with Crippen LogP contribution in [0.3, 0.4) is 0 Å². The number of aromatic nitrogens is 6. The van der Waals surface area contributed by atoms with Crippen molar-refractivity contribution in [3.63, 3.8) is 0 Å². The first kappa shape index (κ1) is 17.6. The van der Waals surface area contributed by atoms with Crippen molar-refractivity contribution < 1.29 is 18.3 Å². The minimum absolute atomic E-state index is 0.115. The normalized spacial score (nSPS) is 18.7. The lowest BCUT2D eigenvalue weighted by atomic mass is 9.95. The zero-order valence-electron chi connectivity index (χ0n) is 14.6. The molecule has 3 aromatic heterocycles. The highest BCUT2D eigenvalue weighted by Crippen LogP contribution is 2.28. The maximum absolute atomic E-state index is 12.2. The Morgan fingerprint density at radius 2 is 2.26 bits per heavy atom. The highest BCUT2D eigenvalue weighted by molar-refractivity contribution is 5.72. The van der Waals surface area contributed by atoms with Crippen molar-refractivity contribution in [2.24, 2.45) is 5.92 Å². The lowest BCUT2D eigenvalue weighted by Crippen LogP contribution is -2.26. The summed E-state index contributed by atoms with van der Waals surface area (Å²) in [6.07, 6.45) is 5.32. The smallest absolute Gasteiger partial charge is 0.388 e. The van der Waals surface area contributed by atoms with Crippen molar-refractivity contribution in [1.29, 1.82) is 0 Å². The monoisotopic (exact) mass is 379 g/mol. The third-order valence-corrected chi connectivity index (χ3v) is 4.59. The van der Waals surface area contributed by atoms with E-state index in [2.05, 4.69) is 42.2 Å². The van der Waals surface area contributed by atoms with Gasteiger partial charge in [0.05, 0.1) is 25.0 Å². The zero-order chi connectivity index (χ0) is 18.8. The quantitative estimate of drug-likeness (QED) is 0.679. The Kier molecular flexibility index (Phi) is 4.84. The maximum atomic E-state index is 12.2. The summed E-state index contributed by atoms with van der Waals surface area (Å²) in [6.45, 7) is 0.676. The fourth-order valence-corrected chi connectivity index (χ4v) is 3.18. The number of aromatic amines is 1. The molecular weight excluding hydrogens is 360 g/mol. The molecule has 1 fully saturated rings. The first-order valence-corrected chi connectivity index (χ1v) is 8.65. The van der Waals surface area contributed by atoms with Gasteiger partial charge in [-0.15, -0.1) is 0 Å². The number of rotatable bonds is 6. The van der Waals surface area contributed by atoms with Crippen LogP contribution in [-0.2, 0) is 4.74 Å². The van der Waals surface area contributed by atoms with Crippen LogP contribution in [0.25, 0.3) is 11.2 Å². The third kappa shape index (κ3) is 3.82. The van der Waals surface area contributed by atoms with Gasteiger partial charge >= 0.3 is 6.61 Å². The number of hydrogen-bond acceptors (Lipinski definition) is 7. The number of fused-ring (bicyclic) bond motifs is 1. The van der Waals surface area contributed by atoms with Gasteiger partial charge in [0.1, 0.15) is 5.52 Å². The lowest BCUT2D eigenvalue weighted by Gasteiger charge is -2.27. The van der Waals surface area contributed by atoms with E-state index in [0.717, 1.165) is 19.4 Å². The summed E-state index contributed by atoms with van der Waals surface area (Å²) in [5.74, 6) is 0.934. The molecule has 2 N–H and O–H groups in total. The van der Waals surface area contributed by atoms with Crippen LogP contribution in [0.15, 0.2) is 18.5 Å². The second-order valence-corrected chi connectivity index (χ2v) is 6.39. The molecule has 0 aliphatic carbocycles. The van der Waals surface area contributed by atoms with Crippen molar-refractivity contribution in [2.75, 3.05) is 18.5 Å². The van der Waals surface area contributed by atoms with E-state index < -0.39 is 6.61 Å². The number of nitrogens with one attached hydrogen (secondary N) is 2. The predicted molar refractivity (Wildman–Crippen MR) is 92.1 cm³/mol. The third-order valence-electron chi connectivity index (χ3n) is 4.59. The molecule has 27 heavy (non-hydrogen) atoms. The van der Waals surface area contributed by atoms with E-state index in [1.165, 1.54) is 12.3 Å². The molecule has 0 unspecified atom stereocenters. The number of nitrogens with zero attached hydrogens (tertiary/aromatic N) is 5. The molecule has 0 amide bonds. The standard InChI is InChI=1S/C16H19F2N7O2/c1-9(10-3-2-4-26-8-10)25-15-11(6-20-25)19-7-13(22-15)21-12-5-14(24-23-12)27-16(17)18/h5-7,9-10,16H,2-4,8H2,1H3,(H2,21,22,23,24)/t9-,10-/m1/s1. The van der Waals surface area contributed by atoms with Crippen LogP contribution in [0.4, 0.5) is 20.4 Å². The van der Waals surface area contributed by atoms with Gasteiger partial charge in [0, 0.05) is 18.6 Å². The van der Waals surface area contributed by atoms with Crippen LogP contribution < -0.4 is 10.1 Å². The summed E-state index contributed by atoms with van der Waals surface area (Å²) in [7, 11) is 0. The van der Waals surface area contributed by atoms with Gasteiger partial charge in [0.2, 0.25) is 5.88 Å². The molecule has 2 atom stereocenters. The van der Waals surface area contributed by atoms with Gasteiger partial charge in [-0.3, -0.25) is 0 Å². The summed E-state index contributed by atoms with van der Waals surface area (Å²) < 4.78 is 36.2. The predicted octanol–water partition coefficient (Wildman–Crippen LogP) is 2.88. The molecule has 11 heteroatoms. The largest absolute Gasteiger partial charge is 0.417 e. The van der Waals surface area contributed by atoms with Crippen molar-refractivity contribution in [3.05, 3.63) is 18.5 Å². The van der Waals surface area contributed by atoms with Gasteiger partial charge in [0.15, 0.2) is 17.3 Å². The lowest BCUT2D eigenvalue weighted by molar-refractivity contribution is -0.0528. The number of H-pyrrole nitrogens is 1. The molecule has 0 spiro atoms. The Bertz CT molecular complexity index is 907. The van der Waals surface area contributed by atoms with Crippen molar-refractivity contribution in [2.45, 2.75) is 32.4 Å². The van der Waals surface area contributed by atoms with Crippen LogP contribution in [0, 0.1) is 5.92 Å². The van der Waals surface area contributed by atoms with Gasteiger partial charge in [-0.2, -0.15) is 19.0 Å². The SMILES string of the molecule is C[C@H]([C@@H]1CCCOC1)n1ncc2ncc(Nc3cc(OC(F)F)[nH]n3)nc21. The highest BCUT2D eigenvalue weighted by Gasteiger charge is 2.24. The van der Waals surface area contributed by atoms with E-state index in [1.807, 2.05) is 4.68 Å². The fraction of sp³-hybridized carbons (Fsp3) is 0.500. The van der Waals surface area contributed by atoms with Gasteiger partial charge < -0.3 is 14.8 Å². The van der Waals surface area contributed by atoms with Crippen LogP contribution in [0.5, 0.6) is 5.88 Å². The summed E-state index contributed by atoms with van der Waals surface area (Å²) in [4.78, 5) is 8.91. The summed E-state index contributed by atoms with van der Waals surface area (Å²) in [5, 5.41) is 13.6. The van der Waals surface area contributed by atoms with Gasteiger partial charge in [-0.1, -0.05) is 0 Å². The van der Waals surface area contributed by atoms with Gasteiger partial charge in [0.25, 0.3) is 0 Å². The second kappa shape index (κ2) is 7.43. The number of alkyl halides is 2. The molecule has 0 bridgehead atoms. The minimum atomic E-state index is -2.92. The molecule has 0 radical (unpaired) electrons. The molecule has 4 heterocycles. The van der Waals surface area contributed by atoms with Crippen LogP contribution in [-0.4, -0.2) is 49.8 Å². The number of halogens is 2. The van der Waals surface area contributed by atoms with Crippen LogP contribution in [0.1, 0.15) is 25.8 Å². The van der Waals surface area contributed by atoms with Gasteiger partial charge in [-0.25, -0.2) is 19.7 Å². The Hall–Kier alpha value is -2.82. The first-order valence-electron chi connectivity index (χ1n) is 8.65. The molecule has 1 aliphatic heterocycles. The van der Waals surface area contributed by atoms with E-state index in [-0.39, 0.29) is 11.9 Å². The maximum Gasteiger partial charge on any atom is 0.388 e. The molecule has 0 aromatic carbocycles. The van der Waals surface area contributed by atoms with E-state index >= 15 is 0 Å². The minimum Gasteiger partial charge on any atom is -0.417 e. The molecule has 3 aromatic rings. The number of hydrogen-bond donors (Lipinski definition) is 2. The van der Waals surface area contributed by atoms with Crippen LogP contribution in [0.2, 0.25) is 0 Å². The summed E-state index contributed by atoms with van der Waals surface area (Å²) in [5.41, 5.74) is 1.31. The Morgan fingerprint density at radius 3 is 3.04 bits per heavy atom. The van der Waals surface area contributed by atoms with Crippen molar-refractivity contribution in [3.8, 4) is 5.88 Å². The molecule has 1 aliphatic rings. The molecule has 144 valence electrons. The van der Waals surface area contributed by atoms with E-state index in [0.29, 0.717) is 35.3 Å². The second-order valence-electron chi connectivity index (χ2n) is 6.39. The fourth-order valence-electron chi connectivity index (χ4n) is 3.18. The molecule has 9 nitrogen and oxygen atoms in total. The topological polar surface area (TPSA) is 103 Å². The molecule has 0 saturated carbocycles. The first-order chi connectivity index (χ1) is 13.1. The van der Waals surface area contributed by atoms with Crippen molar-refractivity contribution >= 4 is 22.8 Å².